The average Bonchev–Trinajstić information content (AvgIpc) is 2.45. The molecule has 3 rings (SSSR count). The van der Waals surface area contributed by atoms with Gasteiger partial charge in [-0.15, -0.1) is 0 Å². The van der Waals surface area contributed by atoms with Crippen LogP contribution in [0.15, 0.2) is 41.3 Å². The first kappa shape index (κ1) is 14.3. The quantitative estimate of drug-likeness (QED) is 0.701. The van der Waals surface area contributed by atoms with Crippen molar-refractivity contribution in [3.8, 4) is 0 Å². The minimum atomic E-state index is -1.06. The zero-order valence-electron chi connectivity index (χ0n) is 12.6. The third-order valence-electron chi connectivity index (χ3n) is 3.69. The zero-order valence-corrected chi connectivity index (χ0v) is 12.6. The van der Waals surface area contributed by atoms with E-state index in [1.54, 1.807) is 12.3 Å². The van der Waals surface area contributed by atoms with Crippen LogP contribution in [0.1, 0.15) is 36.7 Å². The van der Waals surface area contributed by atoms with E-state index in [0.717, 1.165) is 5.56 Å². The number of aromatic nitrogens is 2. The van der Waals surface area contributed by atoms with E-state index in [-0.39, 0.29) is 16.5 Å². The lowest BCUT2D eigenvalue weighted by molar-refractivity contribution is 0.0697. The van der Waals surface area contributed by atoms with Crippen molar-refractivity contribution in [2.24, 2.45) is 0 Å². The van der Waals surface area contributed by atoms with E-state index >= 15 is 0 Å². The summed E-state index contributed by atoms with van der Waals surface area (Å²) in [5.74, 6) is -1.06. The molecule has 0 saturated carbocycles. The fourth-order valence-electron chi connectivity index (χ4n) is 2.55. The molecule has 0 unspecified atom stereocenters. The third-order valence-corrected chi connectivity index (χ3v) is 3.69. The number of pyridine rings is 1. The van der Waals surface area contributed by atoms with Gasteiger partial charge in [-0.2, -0.15) is 0 Å². The molecular formula is C17H16N2O3. The molecule has 5 nitrogen and oxygen atoms in total. The van der Waals surface area contributed by atoms with Crippen molar-refractivity contribution in [1.82, 2.24) is 9.38 Å². The van der Waals surface area contributed by atoms with Crippen molar-refractivity contribution in [2.75, 3.05) is 0 Å². The number of carbonyl (C=O) groups is 1. The lowest BCUT2D eigenvalue weighted by atomic mass is 9.87. The van der Waals surface area contributed by atoms with E-state index in [1.807, 2.05) is 12.1 Å². The van der Waals surface area contributed by atoms with Crippen molar-refractivity contribution in [3.05, 3.63) is 58.0 Å². The lowest BCUT2D eigenvalue weighted by Crippen LogP contribution is -2.21. The second-order valence-corrected chi connectivity index (χ2v) is 6.32. The van der Waals surface area contributed by atoms with Gasteiger partial charge < -0.3 is 5.11 Å². The molecular weight excluding hydrogens is 280 g/mol. The largest absolute Gasteiger partial charge is 0.478 e. The number of carboxylic acid groups (broad SMARTS) is 1. The number of nitrogens with zero attached hydrogens (tertiary/aromatic N) is 2. The van der Waals surface area contributed by atoms with Gasteiger partial charge in [-0.3, -0.25) is 9.20 Å². The first-order chi connectivity index (χ1) is 10.3. The highest BCUT2D eigenvalue weighted by Gasteiger charge is 2.19. The summed E-state index contributed by atoms with van der Waals surface area (Å²) in [7, 11) is 0. The highest BCUT2D eigenvalue weighted by atomic mass is 16.4. The van der Waals surface area contributed by atoms with Crippen molar-refractivity contribution >= 4 is 22.5 Å². The van der Waals surface area contributed by atoms with E-state index in [2.05, 4.69) is 25.8 Å². The summed E-state index contributed by atoms with van der Waals surface area (Å²) >= 11 is 0. The Bertz CT molecular complexity index is 965. The van der Waals surface area contributed by atoms with Crippen molar-refractivity contribution in [3.63, 3.8) is 0 Å². The second kappa shape index (κ2) is 4.66. The van der Waals surface area contributed by atoms with Crippen LogP contribution in [0.2, 0.25) is 0 Å². The molecule has 0 amide bonds. The topological polar surface area (TPSA) is 71.7 Å². The SMILES string of the molecule is CC(C)(C)c1cccn2c(=O)c3cc(C(=O)O)ccc3nc12. The maximum atomic E-state index is 12.7. The van der Waals surface area contributed by atoms with Gasteiger partial charge in [-0.05, 0) is 29.7 Å². The molecule has 0 radical (unpaired) electrons. The molecule has 112 valence electrons. The van der Waals surface area contributed by atoms with Crippen LogP contribution in [0.3, 0.4) is 0 Å². The van der Waals surface area contributed by atoms with Crippen LogP contribution in [-0.4, -0.2) is 20.5 Å². The van der Waals surface area contributed by atoms with Gasteiger partial charge >= 0.3 is 5.97 Å². The summed E-state index contributed by atoms with van der Waals surface area (Å²) in [4.78, 5) is 28.3. The summed E-state index contributed by atoms with van der Waals surface area (Å²) in [6.07, 6.45) is 1.66. The number of aromatic carboxylic acids is 1. The molecule has 2 aromatic heterocycles. The van der Waals surface area contributed by atoms with Crippen molar-refractivity contribution < 1.29 is 9.90 Å². The molecule has 1 N–H and O–H groups in total. The predicted octanol–water partition coefficient (Wildman–Crippen LogP) is 2.84. The van der Waals surface area contributed by atoms with Crippen molar-refractivity contribution in [1.29, 1.82) is 0 Å². The number of rotatable bonds is 1. The van der Waals surface area contributed by atoms with E-state index in [4.69, 9.17) is 5.11 Å². The molecule has 0 aliphatic rings. The molecule has 0 atom stereocenters. The van der Waals surface area contributed by atoms with Crippen LogP contribution in [0.4, 0.5) is 0 Å². The van der Waals surface area contributed by atoms with Crippen LogP contribution in [0.5, 0.6) is 0 Å². The number of hydrogen-bond donors (Lipinski definition) is 1. The van der Waals surface area contributed by atoms with E-state index < -0.39 is 5.97 Å². The van der Waals surface area contributed by atoms with Crippen LogP contribution in [0, 0.1) is 0 Å². The number of benzene rings is 1. The Hall–Kier alpha value is -2.69. The maximum absolute atomic E-state index is 12.7. The van der Waals surface area contributed by atoms with Crippen molar-refractivity contribution in [2.45, 2.75) is 26.2 Å². The van der Waals surface area contributed by atoms with Gasteiger partial charge in [0, 0.05) is 11.8 Å². The Morgan fingerprint density at radius 2 is 1.95 bits per heavy atom. The molecule has 1 aromatic carbocycles. The Balaban J connectivity index is 2.47. The normalized spacial score (nSPS) is 12.0. The van der Waals surface area contributed by atoms with Gasteiger partial charge in [0.15, 0.2) is 0 Å². The summed E-state index contributed by atoms with van der Waals surface area (Å²) in [6, 6.07) is 8.19. The number of carboxylic acids is 1. The summed E-state index contributed by atoms with van der Waals surface area (Å²) < 4.78 is 1.48. The van der Waals surface area contributed by atoms with E-state index in [1.165, 1.54) is 16.5 Å². The summed E-state index contributed by atoms with van der Waals surface area (Å²) in [5, 5.41) is 9.38. The Labute approximate surface area is 126 Å². The maximum Gasteiger partial charge on any atom is 0.335 e. The van der Waals surface area contributed by atoms with Gasteiger partial charge in [0.1, 0.15) is 5.65 Å². The first-order valence-electron chi connectivity index (χ1n) is 6.98. The molecule has 2 heterocycles. The molecule has 22 heavy (non-hydrogen) atoms. The number of hydrogen-bond acceptors (Lipinski definition) is 3. The number of fused-ring (bicyclic) bond motifs is 2. The Morgan fingerprint density at radius 1 is 1.23 bits per heavy atom. The van der Waals surface area contributed by atoms with Crippen LogP contribution >= 0.6 is 0 Å². The highest BCUT2D eigenvalue weighted by Crippen LogP contribution is 2.25. The molecule has 0 bridgehead atoms. The van der Waals surface area contributed by atoms with Gasteiger partial charge in [0.2, 0.25) is 0 Å². The molecule has 0 spiro atoms. The molecule has 0 aliphatic heterocycles. The molecule has 5 heteroatoms. The Kier molecular flexibility index (Phi) is 3.02. The third kappa shape index (κ3) is 2.15. The van der Waals surface area contributed by atoms with Gasteiger partial charge in [0.05, 0.1) is 16.5 Å². The van der Waals surface area contributed by atoms with Gasteiger partial charge in [-0.1, -0.05) is 26.8 Å². The Morgan fingerprint density at radius 3 is 2.59 bits per heavy atom. The molecule has 0 fully saturated rings. The standard InChI is InChI=1S/C17H16N2O3/c1-17(2,3)12-5-4-8-19-14(12)18-13-7-6-10(16(21)22)9-11(13)15(19)20/h4-9H,1-3H3,(H,21,22). The molecule has 0 saturated heterocycles. The van der Waals surface area contributed by atoms with Gasteiger partial charge in [-0.25, -0.2) is 9.78 Å². The zero-order chi connectivity index (χ0) is 16.1. The van der Waals surface area contributed by atoms with Crippen LogP contribution in [-0.2, 0) is 5.41 Å². The fourth-order valence-corrected chi connectivity index (χ4v) is 2.55. The average molecular weight is 296 g/mol. The van der Waals surface area contributed by atoms with Crippen LogP contribution < -0.4 is 5.56 Å². The predicted molar refractivity (Wildman–Crippen MR) is 84.6 cm³/mol. The highest BCUT2D eigenvalue weighted by molar-refractivity contribution is 5.93. The molecule has 0 aliphatic carbocycles. The molecule has 3 aromatic rings. The van der Waals surface area contributed by atoms with E-state index in [0.29, 0.717) is 16.6 Å². The van der Waals surface area contributed by atoms with E-state index in [9.17, 15) is 9.59 Å². The smallest absolute Gasteiger partial charge is 0.335 e. The van der Waals surface area contributed by atoms with Crippen LogP contribution in [0.25, 0.3) is 16.6 Å². The lowest BCUT2D eigenvalue weighted by Gasteiger charge is -2.20. The minimum Gasteiger partial charge on any atom is -0.478 e. The monoisotopic (exact) mass is 296 g/mol. The van der Waals surface area contributed by atoms with Gasteiger partial charge in [0.25, 0.3) is 5.56 Å². The minimum absolute atomic E-state index is 0.0818. The fraction of sp³-hybridized carbons (Fsp3) is 0.235. The summed E-state index contributed by atoms with van der Waals surface area (Å²) in [5.41, 5.74) is 1.76. The second-order valence-electron chi connectivity index (χ2n) is 6.32. The first-order valence-corrected chi connectivity index (χ1v) is 6.98. The summed E-state index contributed by atoms with van der Waals surface area (Å²) in [6.45, 7) is 6.19.